The second-order valence-corrected chi connectivity index (χ2v) is 8.63. The second-order valence-electron chi connectivity index (χ2n) is 8.63. The Balaban J connectivity index is 1.41. The summed E-state index contributed by atoms with van der Waals surface area (Å²) in [4.78, 5) is 23.1. The molecule has 0 aromatic carbocycles. The van der Waals surface area contributed by atoms with Crippen molar-refractivity contribution in [3.05, 3.63) is 22.0 Å². The van der Waals surface area contributed by atoms with Crippen molar-refractivity contribution >= 4 is 11.6 Å². The Labute approximate surface area is 147 Å². The summed E-state index contributed by atoms with van der Waals surface area (Å²) >= 11 is 0. The minimum atomic E-state index is -0.539. The molecule has 4 saturated carbocycles. The van der Waals surface area contributed by atoms with Gasteiger partial charge in [0.15, 0.2) is 0 Å². The number of amides is 1. The highest BCUT2D eigenvalue weighted by Gasteiger charge is 2.50. The third-order valence-electron chi connectivity index (χ3n) is 6.76. The van der Waals surface area contributed by atoms with E-state index >= 15 is 0 Å². The zero-order valence-electron chi connectivity index (χ0n) is 14.9. The Bertz CT molecular complexity index is 676. The van der Waals surface area contributed by atoms with E-state index in [4.69, 9.17) is 0 Å². The molecule has 0 saturated heterocycles. The van der Waals surface area contributed by atoms with Crippen LogP contribution in [0.4, 0.5) is 5.69 Å². The highest BCUT2D eigenvalue weighted by Crippen LogP contribution is 2.59. The molecule has 1 unspecified atom stereocenters. The van der Waals surface area contributed by atoms with Crippen molar-refractivity contribution in [2.45, 2.75) is 58.4 Å². The van der Waals surface area contributed by atoms with E-state index in [0.717, 1.165) is 24.3 Å². The molecule has 25 heavy (non-hydrogen) atoms. The molecular formula is C18H26N4O3. The lowest BCUT2D eigenvalue weighted by atomic mass is 9.49. The molecule has 7 nitrogen and oxygen atoms in total. The van der Waals surface area contributed by atoms with Crippen LogP contribution in [0.5, 0.6) is 0 Å². The van der Waals surface area contributed by atoms with Gasteiger partial charge in [-0.25, -0.2) is 0 Å². The lowest BCUT2D eigenvalue weighted by molar-refractivity contribution is -0.385. The molecule has 0 radical (unpaired) electrons. The van der Waals surface area contributed by atoms with E-state index in [0.29, 0.717) is 5.69 Å². The number of nitrogens with one attached hydrogen (secondary N) is 1. The minimum absolute atomic E-state index is 0.0410. The van der Waals surface area contributed by atoms with Gasteiger partial charge in [0.2, 0.25) is 5.91 Å². The molecule has 1 heterocycles. The quantitative estimate of drug-likeness (QED) is 0.655. The Kier molecular flexibility index (Phi) is 3.85. The average Bonchev–Trinajstić information content (AvgIpc) is 2.92. The Morgan fingerprint density at radius 3 is 2.40 bits per heavy atom. The molecule has 4 aliphatic rings. The van der Waals surface area contributed by atoms with E-state index < -0.39 is 11.0 Å². The van der Waals surface area contributed by atoms with Crippen molar-refractivity contribution in [2.24, 2.45) is 23.2 Å². The van der Waals surface area contributed by atoms with Gasteiger partial charge in [-0.05, 0) is 75.5 Å². The Hall–Kier alpha value is -1.92. The molecule has 1 aromatic rings. The number of hydrogen-bond donors (Lipinski definition) is 1. The largest absolute Gasteiger partial charge is 0.354 e. The fourth-order valence-corrected chi connectivity index (χ4v) is 6.02. The van der Waals surface area contributed by atoms with Gasteiger partial charge < -0.3 is 5.32 Å². The van der Waals surface area contributed by atoms with E-state index in [9.17, 15) is 14.9 Å². The van der Waals surface area contributed by atoms with Crippen molar-refractivity contribution in [3.63, 3.8) is 0 Å². The second kappa shape index (κ2) is 5.81. The first-order valence-corrected chi connectivity index (χ1v) is 9.33. The summed E-state index contributed by atoms with van der Waals surface area (Å²) in [7, 11) is 0. The lowest BCUT2D eigenvalue weighted by Crippen LogP contribution is -2.51. The average molecular weight is 346 g/mol. The number of nitrogens with zero attached hydrogens (tertiary/aromatic N) is 3. The van der Waals surface area contributed by atoms with Crippen LogP contribution in [0, 0.1) is 40.2 Å². The molecule has 136 valence electrons. The number of nitro groups is 1. The molecular weight excluding hydrogens is 320 g/mol. The van der Waals surface area contributed by atoms with Crippen molar-refractivity contribution < 1.29 is 9.72 Å². The highest BCUT2D eigenvalue weighted by molar-refractivity contribution is 5.80. The summed E-state index contributed by atoms with van der Waals surface area (Å²) in [6.45, 7) is 4.12. The molecule has 0 aliphatic heterocycles. The Morgan fingerprint density at radius 2 is 1.92 bits per heavy atom. The minimum Gasteiger partial charge on any atom is -0.354 e. The lowest BCUT2D eigenvalue weighted by Gasteiger charge is -2.57. The van der Waals surface area contributed by atoms with Crippen LogP contribution in [0.25, 0.3) is 0 Å². The zero-order chi connectivity index (χ0) is 17.8. The van der Waals surface area contributed by atoms with Gasteiger partial charge in [-0.15, -0.1) is 0 Å². The summed E-state index contributed by atoms with van der Waals surface area (Å²) in [6.07, 6.45) is 9.14. The molecule has 1 atom stereocenters. The molecule has 4 fully saturated rings. The Morgan fingerprint density at radius 1 is 1.36 bits per heavy atom. The van der Waals surface area contributed by atoms with Gasteiger partial charge in [-0.1, -0.05) is 0 Å². The molecule has 4 bridgehead atoms. The van der Waals surface area contributed by atoms with E-state index in [-0.39, 0.29) is 17.0 Å². The maximum absolute atomic E-state index is 12.6. The third-order valence-corrected chi connectivity index (χ3v) is 6.76. The first-order valence-electron chi connectivity index (χ1n) is 9.33. The van der Waals surface area contributed by atoms with Crippen molar-refractivity contribution in [2.75, 3.05) is 6.54 Å². The van der Waals surface area contributed by atoms with Gasteiger partial charge in [0.05, 0.1) is 4.92 Å². The number of aromatic nitrogens is 2. The molecule has 1 N–H and O–H groups in total. The summed E-state index contributed by atoms with van der Waals surface area (Å²) in [5.41, 5.74) is 0.665. The fraction of sp³-hybridized carbons (Fsp3) is 0.778. The maximum atomic E-state index is 12.6. The molecule has 0 spiro atoms. The highest BCUT2D eigenvalue weighted by atomic mass is 16.6. The smallest absolute Gasteiger partial charge is 0.309 e. The predicted octanol–water partition coefficient (Wildman–Crippen LogP) is 2.99. The van der Waals surface area contributed by atoms with Crippen molar-refractivity contribution in [3.8, 4) is 0 Å². The van der Waals surface area contributed by atoms with Gasteiger partial charge in [0.1, 0.15) is 17.9 Å². The van der Waals surface area contributed by atoms with Gasteiger partial charge in [-0.2, -0.15) is 5.10 Å². The first kappa shape index (κ1) is 16.5. The summed E-state index contributed by atoms with van der Waals surface area (Å²) in [6, 6.07) is -0.539. The van der Waals surface area contributed by atoms with E-state index in [2.05, 4.69) is 10.4 Å². The normalized spacial score (nSPS) is 34.1. The van der Waals surface area contributed by atoms with Crippen LogP contribution >= 0.6 is 0 Å². The molecule has 5 rings (SSSR count). The van der Waals surface area contributed by atoms with Gasteiger partial charge in [-0.3, -0.25) is 19.6 Å². The molecule has 1 amide bonds. The molecule has 7 heteroatoms. The zero-order valence-corrected chi connectivity index (χ0v) is 14.9. The maximum Gasteiger partial charge on any atom is 0.309 e. The third kappa shape index (κ3) is 2.83. The van der Waals surface area contributed by atoms with Gasteiger partial charge in [0.25, 0.3) is 0 Å². The standard InChI is InChI=1S/C18H26N4O3/c1-11-16(22(24)25)9-20-21(11)12(2)17(23)19-10-18-6-13-3-14(7-18)5-15(4-13)8-18/h9,12-15H,3-8,10H2,1-2H3,(H,19,23). The van der Waals surface area contributed by atoms with Crippen LogP contribution in [0.3, 0.4) is 0 Å². The van der Waals surface area contributed by atoms with Gasteiger partial charge in [0, 0.05) is 6.54 Å². The monoisotopic (exact) mass is 346 g/mol. The van der Waals surface area contributed by atoms with Crippen LogP contribution in [-0.2, 0) is 4.79 Å². The van der Waals surface area contributed by atoms with E-state index in [1.54, 1.807) is 13.8 Å². The number of hydrogen-bond acceptors (Lipinski definition) is 4. The van der Waals surface area contributed by atoms with Gasteiger partial charge >= 0.3 is 5.69 Å². The number of rotatable bonds is 5. The van der Waals surface area contributed by atoms with E-state index in [1.807, 2.05) is 0 Å². The van der Waals surface area contributed by atoms with Crippen LogP contribution in [0.1, 0.15) is 57.2 Å². The van der Waals surface area contributed by atoms with E-state index in [1.165, 1.54) is 49.4 Å². The topological polar surface area (TPSA) is 90.1 Å². The van der Waals surface area contributed by atoms with Crippen LogP contribution in [0.2, 0.25) is 0 Å². The number of carbonyl (C=O) groups excluding carboxylic acids is 1. The van der Waals surface area contributed by atoms with Crippen LogP contribution < -0.4 is 5.32 Å². The van der Waals surface area contributed by atoms with Crippen LogP contribution in [-0.4, -0.2) is 27.2 Å². The molecule has 1 aromatic heterocycles. The summed E-state index contributed by atoms with van der Waals surface area (Å²) in [5.74, 6) is 2.47. The molecule has 4 aliphatic carbocycles. The predicted molar refractivity (Wildman–Crippen MR) is 91.9 cm³/mol. The fourth-order valence-electron chi connectivity index (χ4n) is 6.02. The SMILES string of the molecule is Cc1c([N+](=O)[O-])cnn1C(C)C(=O)NCC12CC3CC(CC(C3)C1)C2. The van der Waals surface area contributed by atoms with Crippen molar-refractivity contribution in [1.29, 1.82) is 0 Å². The number of carbonyl (C=O) groups is 1. The van der Waals surface area contributed by atoms with Crippen LogP contribution in [0.15, 0.2) is 6.20 Å². The van der Waals surface area contributed by atoms with Crippen molar-refractivity contribution in [1.82, 2.24) is 15.1 Å². The first-order chi connectivity index (χ1) is 11.9. The summed E-state index contributed by atoms with van der Waals surface area (Å²) < 4.78 is 1.45. The summed E-state index contributed by atoms with van der Waals surface area (Å²) in [5, 5.41) is 18.1.